The second-order valence-corrected chi connectivity index (χ2v) is 16.9. The molecule has 0 amide bonds. The van der Waals surface area contributed by atoms with Crippen LogP contribution >= 0.6 is 10.3 Å². The molecular formula is C44H39N3O6S2. The standard InChI is InChI=1S/C44H39N3O6S2/c1-2-34-12-14-41(15-13-34)55(48,49)53-54(42-9-3-6-38(28-42)50-31-35-16-22-45-23-17-35,43-10-4-7-39(29-43)51-32-36-18-24-46-25-19-36)44-11-5-8-40(30-44)52-33-37-20-26-47-27-21-37/h3-30H,2,31-33H2,1H3. The average Bonchev–Trinajstić information content (AvgIpc) is 3.25. The van der Waals surface area contributed by atoms with Gasteiger partial charge in [0.1, 0.15) is 37.1 Å². The minimum atomic E-state index is -4.40. The monoisotopic (exact) mass is 769 g/mol. The first-order valence-corrected chi connectivity index (χ1v) is 20.6. The molecule has 3 aromatic heterocycles. The summed E-state index contributed by atoms with van der Waals surface area (Å²) in [6.07, 6.45) is 11.0. The fourth-order valence-electron chi connectivity index (χ4n) is 5.76. The van der Waals surface area contributed by atoms with Crippen LogP contribution in [0.25, 0.3) is 0 Å². The van der Waals surface area contributed by atoms with Gasteiger partial charge in [-0.2, -0.15) is 8.42 Å². The van der Waals surface area contributed by atoms with E-state index in [0.29, 0.717) is 31.9 Å². The molecule has 0 fully saturated rings. The van der Waals surface area contributed by atoms with E-state index in [1.807, 2.05) is 128 Å². The minimum Gasteiger partial charge on any atom is -0.489 e. The molecule has 7 aromatic rings. The van der Waals surface area contributed by atoms with Gasteiger partial charge in [0, 0.05) is 51.9 Å². The Morgan fingerprint density at radius 2 is 0.800 bits per heavy atom. The highest BCUT2D eigenvalue weighted by atomic mass is 32.3. The molecule has 0 aliphatic rings. The van der Waals surface area contributed by atoms with Gasteiger partial charge in [-0.05, 0) is 142 Å². The predicted octanol–water partition coefficient (Wildman–Crippen LogP) is 9.77. The molecule has 11 heteroatoms. The van der Waals surface area contributed by atoms with Crippen LogP contribution < -0.4 is 14.2 Å². The Morgan fingerprint density at radius 1 is 0.436 bits per heavy atom. The molecule has 9 nitrogen and oxygen atoms in total. The van der Waals surface area contributed by atoms with Gasteiger partial charge in [0.15, 0.2) is 0 Å². The molecule has 0 saturated carbocycles. The summed E-state index contributed by atoms with van der Waals surface area (Å²) in [5, 5.41) is 0. The van der Waals surface area contributed by atoms with Crippen molar-refractivity contribution in [2.45, 2.75) is 52.7 Å². The number of aromatic nitrogens is 3. The van der Waals surface area contributed by atoms with Crippen molar-refractivity contribution in [1.82, 2.24) is 15.0 Å². The summed E-state index contributed by atoms with van der Waals surface area (Å²) in [5.74, 6) is 1.61. The SMILES string of the molecule is CCc1ccc(S(=O)(=O)OS(c2cccc(OCc3ccncc3)c2)(c2cccc(OCc3ccncc3)c2)c2cccc(OCc3ccncc3)c2)cc1. The number of aryl methyl sites for hydroxylation is 1. The number of pyridine rings is 3. The van der Waals surface area contributed by atoms with Gasteiger partial charge in [0.25, 0.3) is 0 Å². The molecule has 0 N–H and O–H groups in total. The highest BCUT2D eigenvalue weighted by Gasteiger charge is 2.39. The van der Waals surface area contributed by atoms with Gasteiger partial charge in [0.2, 0.25) is 0 Å². The molecule has 3 heterocycles. The zero-order valence-electron chi connectivity index (χ0n) is 30.1. The summed E-state index contributed by atoms with van der Waals surface area (Å²) in [7, 11) is -7.53. The van der Waals surface area contributed by atoms with E-state index in [4.69, 9.17) is 17.8 Å². The van der Waals surface area contributed by atoms with Gasteiger partial charge in [-0.25, -0.2) is 3.63 Å². The largest absolute Gasteiger partial charge is 0.489 e. The van der Waals surface area contributed by atoms with Gasteiger partial charge < -0.3 is 14.2 Å². The van der Waals surface area contributed by atoms with E-state index in [1.54, 1.807) is 49.3 Å². The molecule has 0 aliphatic carbocycles. The van der Waals surface area contributed by atoms with E-state index >= 15 is 0 Å². The van der Waals surface area contributed by atoms with Gasteiger partial charge in [-0.3, -0.25) is 15.0 Å². The fraction of sp³-hybridized carbons (Fsp3) is 0.114. The van der Waals surface area contributed by atoms with Gasteiger partial charge >= 0.3 is 10.1 Å². The number of hydrogen-bond acceptors (Lipinski definition) is 9. The highest BCUT2D eigenvalue weighted by molar-refractivity contribution is 8.33. The fourth-order valence-corrected chi connectivity index (χ4v) is 11.0. The maximum absolute atomic E-state index is 14.6. The van der Waals surface area contributed by atoms with Crippen LogP contribution in [0.15, 0.2) is 190 Å². The molecule has 0 unspecified atom stereocenters. The van der Waals surface area contributed by atoms with E-state index in [2.05, 4.69) is 15.0 Å². The molecule has 278 valence electrons. The topological polar surface area (TPSA) is 110 Å². The van der Waals surface area contributed by atoms with Crippen molar-refractivity contribution in [2.75, 3.05) is 0 Å². The smallest absolute Gasteiger partial charge is 0.307 e. The Hall–Kier alpha value is -6.01. The van der Waals surface area contributed by atoms with E-state index < -0.39 is 20.4 Å². The van der Waals surface area contributed by atoms with Gasteiger partial charge in [-0.1, -0.05) is 37.3 Å². The third-order valence-corrected chi connectivity index (χ3v) is 13.8. The van der Waals surface area contributed by atoms with Crippen molar-refractivity contribution in [3.63, 3.8) is 0 Å². The summed E-state index contributed by atoms with van der Waals surface area (Å²) < 4.78 is 54.9. The number of ether oxygens (including phenoxy) is 3. The van der Waals surface area contributed by atoms with Crippen molar-refractivity contribution >= 4 is 20.4 Å². The molecule has 0 spiro atoms. The van der Waals surface area contributed by atoms with Gasteiger partial charge in [0.05, 0.1) is 4.90 Å². The summed E-state index contributed by atoms with van der Waals surface area (Å²) in [6.45, 7) is 2.88. The molecule has 7 rings (SSSR count). The quantitative estimate of drug-likeness (QED) is 0.0949. The molecule has 0 saturated heterocycles. The Balaban J connectivity index is 1.38. The van der Waals surface area contributed by atoms with E-state index in [0.717, 1.165) is 28.7 Å². The Kier molecular flexibility index (Phi) is 11.8. The normalized spacial score (nSPS) is 11.8. The maximum Gasteiger partial charge on any atom is 0.307 e. The number of benzene rings is 4. The zero-order chi connectivity index (χ0) is 37.9. The van der Waals surface area contributed by atoms with Crippen LogP contribution in [0.5, 0.6) is 17.2 Å². The van der Waals surface area contributed by atoms with E-state index in [1.165, 1.54) is 0 Å². The maximum atomic E-state index is 14.6. The summed E-state index contributed by atoms with van der Waals surface area (Å²) in [5.41, 5.74) is 3.82. The molecule has 4 aromatic carbocycles. The molecular weight excluding hydrogens is 731 g/mol. The lowest BCUT2D eigenvalue weighted by Crippen LogP contribution is -2.15. The second kappa shape index (κ2) is 17.4. The van der Waals surface area contributed by atoms with Crippen molar-refractivity contribution in [1.29, 1.82) is 0 Å². The number of nitrogens with zero attached hydrogens (tertiary/aromatic N) is 3. The third-order valence-electron chi connectivity index (χ3n) is 8.69. The first-order valence-electron chi connectivity index (χ1n) is 17.6. The van der Waals surface area contributed by atoms with E-state index in [9.17, 15) is 8.42 Å². The van der Waals surface area contributed by atoms with Crippen LogP contribution in [0.4, 0.5) is 0 Å². The van der Waals surface area contributed by atoms with Crippen molar-refractivity contribution in [2.24, 2.45) is 0 Å². The van der Waals surface area contributed by atoms with Crippen LogP contribution in [0.2, 0.25) is 0 Å². The van der Waals surface area contributed by atoms with Crippen molar-refractivity contribution in [3.8, 4) is 17.2 Å². The van der Waals surface area contributed by atoms with Crippen molar-refractivity contribution < 1.29 is 26.3 Å². The Bertz CT molecular complexity index is 2210. The van der Waals surface area contributed by atoms with Crippen LogP contribution in [-0.4, -0.2) is 23.4 Å². The molecule has 0 bridgehead atoms. The molecule has 0 aliphatic heterocycles. The average molecular weight is 770 g/mol. The lowest BCUT2D eigenvalue weighted by Gasteiger charge is -2.39. The molecule has 55 heavy (non-hydrogen) atoms. The summed E-state index contributed by atoms with van der Waals surface area (Å²) in [6, 6.07) is 40.3. The van der Waals surface area contributed by atoms with Crippen LogP contribution in [-0.2, 0) is 40.0 Å². The van der Waals surface area contributed by atoms with Crippen LogP contribution in [0.3, 0.4) is 0 Å². The second-order valence-electron chi connectivity index (χ2n) is 12.4. The lowest BCUT2D eigenvalue weighted by atomic mass is 10.2. The Labute approximate surface area is 323 Å². The molecule has 0 radical (unpaired) electrons. The lowest BCUT2D eigenvalue weighted by molar-refractivity contribution is 0.305. The number of hydrogen-bond donors (Lipinski definition) is 0. The minimum absolute atomic E-state index is 0.0434. The van der Waals surface area contributed by atoms with Gasteiger partial charge in [-0.15, -0.1) is 0 Å². The third kappa shape index (κ3) is 9.21. The van der Waals surface area contributed by atoms with Crippen LogP contribution in [0.1, 0.15) is 29.2 Å². The number of rotatable bonds is 16. The first-order chi connectivity index (χ1) is 26.9. The van der Waals surface area contributed by atoms with Crippen LogP contribution in [0, 0.1) is 0 Å². The zero-order valence-corrected chi connectivity index (χ0v) is 31.7. The van der Waals surface area contributed by atoms with Crippen molar-refractivity contribution in [3.05, 3.63) is 193 Å². The predicted molar refractivity (Wildman–Crippen MR) is 212 cm³/mol. The highest BCUT2D eigenvalue weighted by Crippen LogP contribution is 2.71. The summed E-state index contributed by atoms with van der Waals surface area (Å²) >= 11 is 0. The molecule has 0 atom stereocenters. The first kappa shape index (κ1) is 37.3. The van der Waals surface area contributed by atoms with E-state index in [-0.39, 0.29) is 24.7 Å². The Morgan fingerprint density at radius 3 is 1.15 bits per heavy atom. The summed E-state index contributed by atoms with van der Waals surface area (Å²) in [4.78, 5) is 14.1.